The molecular weight excluding hydrogens is 355 g/mol. The van der Waals surface area contributed by atoms with Gasteiger partial charge in [0.2, 0.25) is 5.91 Å². The minimum absolute atomic E-state index is 0.0391. The van der Waals surface area contributed by atoms with Gasteiger partial charge in [0.15, 0.2) is 5.69 Å². The van der Waals surface area contributed by atoms with Gasteiger partial charge in [-0.1, -0.05) is 0 Å². The van der Waals surface area contributed by atoms with E-state index in [2.05, 4.69) is 10.4 Å². The highest BCUT2D eigenvalue weighted by atomic mass is 19.4. The van der Waals surface area contributed by atoms with E-state index in [1.54, 1.807) is 0 Å². The second kappa shape index (κ2) is 5.98. The van der Waals surface area contributed by atoms with Crippen LogP contribution in [0.4, 0.5) is 13.2 Å². The number of alkyl halides is 3. The SMILES string of the molecule is O=C(CCn1nc(C(F)(F)F)cc1C1CC1)NC12CC3CC(CC(C3)C1)C2. The number of hydrogen-bond donors (Lipinski definition) is 1. The molecule has 0 atom stereocenters. The highest BCUT2D eigenvalue weighted by Gasteiger charge is 2.51. The predicted molar refractivity (Wildman–Crippen MR) is 92.9 cm³/mol. The molecule has 5 saturated carbocycles. The summed E-state index contributed by atoms with van der Waals surface area (Å²) in [4.78, 5) is 12.6. The van der Waals surface area contributed by atoms with Gasteiger partial charge in [0.1, 0.15) is 0 Å². The van der Waals surface area contributed by atoms with Gasteiger partial charge in [-0.25, -0.2) is 0 Å². The minimum Gasteiger partial charge on any atom is -0.351 e. The smallest absolute Gasteiger partial charge is 0.351 e. The lowest BCUT2D eigenvalue weighted by Crippen LogP contribution is -2.59. The van der Waals surface area contributed by atoms with Crippen molar-refractivity contribution in [1.82, 2.24) is 15.1 Å². The number of nitrogens with one attached hydrogen (secondary N) is 1. The Bertz CT molecular complexity index is 715. The van der Waals surface area contributed by atoms with Crippen LogP contribution in [0.1, 0.15) is 75.1 Å². The van der Waals surface area contributed by atoms with Gasteiger partial charge in [-0.15, -0.1) is 0 Å². The third kappa shape index (κ3) is 3.38. The van der Waals surface area contributed by atoms with Gasteiger partial charge in [-0.05, 0) is 75.2 Å². The third-order valence-corrected chi connectivity index (χ3v) is 7.09. The molecule has 0 saturated heterocycles. The average molecular weight is 381 g/mol. The van der Waals surface area contributed by atoms with Crippen molar-refractivity contribution in [3.63, 3.8) is 0 Å². The monoisotopic (exact) mass is 381 g/mol. The fraction of sp³-hybridized carbons (Fsp3) is 0.800. The van der Waals surface area contributed by atoms with Crippen LogP contribution in [0.3, 0.4) is 0 Å². The van der Waals surface area contributed by atoms with Gasteiger partial charge in [0.05, 0.1) is 0 Å². The van der Waals surface area contributed by atoms with Gasteiger partial charge < -0.3 is 5.32 Å². The van der Waals surface area contributed by atoms with E-state index in [-0.39, 0.29) is 30.3 Å². The molecule has 27 heavy (non-hydrogen) atoms. The maximum absolute atomic E-state index is 13.0. The van der Waals surface area contributed by atoms with E-state index < -0.39 is 11.9 Å². The molecule has 5 fully saturated rings. The summed E-state index contributed by atoms with van der Waals surface area (Å²) < 4.78 is 40.4. The van der Waals surface area contributed by atoms with Crippen LogP contribution >= 0.6 is 0 Å². The summed E-state index contributed by atoms with van der Waals surface area (Å²) >= 11 is 0. The van der Waals surface area contributed by atoms with Crippen LogP contribution in [0, 0.1) is 17.8 Å². The molecule has 0 unspecified atom stereocenters. The minimum atomic E-state index is -4.43. The molecule has 148 valence electrons. The number of rotatable bonds is 5. The Hall–Kier alpha value is -1.53. The molecule has 1 heterocycles. The highest BCUT2D eigenvalue weighted by molar-refractivity contribution is 5.76. The molecule has 1 N–H and O–H groups in total. The first-order valence-electron chi connectivity index (χ1n) is 10.3. The molecule has 0 aliphatic heterocycles. The molecule has 5 aliphatic rings. The zero-order chi connectivity index (χ0) is 18.8. The van der Waals surface area contributed by atoms with Crippen LogP contribution in [0.2, 0.25) is 0 Å². The molecule has 7 heteroatoms. The second-order valence-corrected chi connectivity index (χ2v) is 9.45. The largest absolute Gasteiger partial charge is 0.435 e. The van der Waals surface area contributed by atoms with Crippen LogP contribution < -0.4 is 5.32 Å². The summed E-state index contributed by atoms with van der Waals surface area (Å²) in [7, 11) is 0. The fourth-order valence-electron chi connectivity index (χ4n) is 6.29. The zero-order valence-electron chi connectivity index (χ0n) is 15.4. The Balaban J connectivity index is 1.24. The average Bonchev–Trinajstić information content (AvgIpc) is 3.29. The number of amides is 1. The van der Waals surface area contributed by atoms with Crippen molar-refractivity contribution in [1.29, 1.82) is 0 Å². The molecule has 0 aromatic carbocycles. The van der Waals surface area contributed by atoms with Crippen molar-refractivity contribution in [3.05, 3.63) is 17.5 Å². The Morgan fingerprint density at radius 2 is 1.74 bits per heavy atom. The van der Waals surface area contributed by atoms with Crippen molar-refractivity contribution in [2.75, 3.05) is 0 Å². The van der Waals surface area contributed by atoms with Gasteiger partial charge in [0.25, 0.3) is 0 Å². The number of hydrogen-bond acceptors (Lipinski definition) is 2. The van der Waals surface area contributed by atoms with E-state index in [1.807, 2.05) is 0 Å². The Morgan fingerprint density at radius 1 is 1.15 bits per heavy atom. The van der Waals surface area contributed by atoms with Crippen molar-refractivity contribution < 1.29 is 18.0 Å². The number of carbonyl (C=O) groups is 1. The molecule has 6 rings (SSSR count). The first kappa shape index (κ1) is 17.6. The number of aryl methyl sites for hydroxylation is 1. The summed E-state index contributed by atoms with van der Waals surface area (Å²) in [5, 5.41) is 7.05. The highest BCUT2D eigenvalue weighted by Crippen LogP contribution is 2.55. The van der Waals surface area contributed by atoms with Crippen LogP contribution in [-0.2, 0) is 17.5 Å². The molecule has 4 nitrogen and oxygen atoms in total. The first-order chi connectivity index (χ1) is 12.8. The summed E-state index contributed by atoms with van der Waals surface area (Å²) in [6.07, 6.45) is 4.75. The lowest BCUT2D eigenvalue weighted by Gasteiger charge is -2.56. The lowest BCUT2D eigenvalue weighted by molar-refractivity contribution is -0.141. The van der Waals surface area contributed by atoms with E-state index in [0.29, 0.717) is 5.69 Å². The lowest BCUT2D eigenvalue weighted by atomic mass is 9.53. The quantitative estimate of drug-likeness (QED) is 0.829. The first-order valence-corrected chi connectivity index (χ1v) is 10.3. The predicted octanol–water partition coefficient (Wildman–Crippen LogP) is 4.25. The molecule has 4 bridgehead atoms. The molecular formula is C20H26F3N3O. The van der Waals surface area contributed by atoms with Gasteiger partial charge >= 0.3 is 6.18 Å². The topological polar surface area (TPSA) is 46.9 Å². The van der Waals surface area contributed by atoms with Crippen LogP contribution in [0.5, 0.6) is 0 Å². The zero-order valence-corrected chi connectivity index (χ0v) is 15.4. The van der Waals surface area contributed by atoms with Crippen LogP contribution in [-0.4, -0.2) is 21.2 Å². The number of halogens is 3. The van der Waals surface area contributed by atoms with E-state index >= 15 is 0 Å². The van der Waals surface area contributed by atoms with Crippen molar-refractivity contribution in [2.45, 2.75) is 82.0 Å². The van der Waals surface area contributed by atoms with Gasteiger partial charge in [0, 0.05) is 30.1 Å². The molecule has 0 spiro atoms. The number of aromatic nitrogens is 2. The van der Waals surface area contributed by atoms with Gasteiger partial charge in [-0.3, -0.25) is 9.48 Å². The summed E-state index contributed by atoms with van der Waals surface area (Å²) in [5.74, 6) is 2.37. The number of carbonyl (C=O) groups excluding carboxylic acids is 1. The molecule has 5 aliphatic carbocycles. The van der Waals surface area contributed by atoms with Gasteiger partial charge in [-0.2, -0.15) is 18.3 Å². The fourth-order valence-corrected chi connectivity index (χ4v) is 6.29. The van der Waals surface area contributed by atoms with E-state index in [1.165, 1.54) is 23.9 Å². The Kier molecular flexibility index (Phi) is 3.89. The van der Waals surface area contributed by atoms with E-state index in [9.17, 15) is 18.0 Å². The van der Waals surface area contributed by atoms with E-state index in [0.717, 1.165) is 55.9 Å². The molecule has 1 amide bonds. The van der Waals surface area contributed by atoms with Crippen molar-refractivity contribution >= 4 is 5.91 Å². The maximum Gasteiger partial charge on any atom is 0.435 e. The standard InChI is InChI=1S/C20H26F3N3O/c21-20(22,23)17-8-16(15-1-2-15)26(25-17)4-3-18(27)24-19-9-12-5-13(10-19)7-14(6-12)11-19/h8,12-15H,1-7,9-11H2,(H,24,27). The maximum atomic E-state index is 13.0. The summed E-state index contributed by atoms with van der Waals surface area (Å²) in [6.45, 7) is 0.222. The Labute approximate surface area is 156 Å². The van der Waals surface area contributed by atoms with E-state index in [4.69, 9.17) is 0 Å². The third-order valence-electron chi connectivity index (χ3n) is 7.09. The molecule has 1 aromatic rings. The molecule has 1 aromatic heterocycles. The second-order valence-electron chi connectivity index (χ2n) is 9.45. The number of nitrogens with zero attached hydrogens (tertiary/aromatic N) is 2. The molecule has 0 radical (unpaired) electrons. The van der Waals surface area contributed by atoms with Crippen LogP contribution in [0.15, 0.2) is 6.07 Å². The van der Waals surface area contributed by atoms with Crippen LogP contribution in [0.25, 0.3) is 0 Å². The normalized spacial score (nSPS) is 34.9. The van der Waals surface area contributed by atoms with Crippen molar-refractivity contribution in [3.8, 4) is 0 Å². The Morgan fingerprint density at radius 3 is 2.26 bits per heavy atom. The summed E-state index contributed by atoms with van der Waals surface area (Å²) in [5.41, 5.74) is -0.261. The van der Waals surface area contributed by atoms with Crippen molar-refractivity contribution in [2.24, 2.45) is 17.8 Å². The summed E-state index contributed by atoms with van der Waals surface area (Å²) in [6, 6.07) is 1.16.